The van der Waals surface area contributed by atoms with E-state index in [2.05, 4.69) is 39.7 Å². The first kappa shape index (κ1) is 15.8. The van der Waals surface area contributed by atoms with Gasteiger partial charge in [-0.3, -0.25) is 0 Å². The van der Waals surface area contributed by atoms with Crippen LogP contribution in [-0.4, -0.2) is 78.7 Å². The number of alkyl halides is 2. The van der Waals surface area contributed by atoms with Crippen molar-refractivity contribution in [1.82, 2.24) is 19.7 Å². The fourth-order valence-electron chi connectivity index (χ4n) is 2.87. The van der Waals surface area contributed by atoms with Crippen molar-refractivity contribution >= 4 is 71.5 Å². The fraction of sp³-hybridized carbons (Fsp3) is 0.818. The van der Waals surface area contributed by atoms with E-state index >= 15 is 4.39 Å². The summed E-state index contributed by atoms with van der Waals surface area (Å²) in [5.41, 5.74) is 0. The van der Waals surface area contributed by atoms with E-state index < -0.39 is 5.79 Å². The quantitative estimate of drug-likeness (QED) is 0.319. The van der Waals surface area contributed by atoms with Crippen molar-refractivity contribution in [1.29, 1.82) is 0 Å². The summed E-state index contributed by atoms with van der Waals surface area (Å²) in [5.74, 6) is -0.286. The zero-order valence-electron chi connectivity index (χ0n) is 11.7. The van der Waals surface area contributed by atoms with Gasteiger partial charge < -0.3 is 0 Å². The van der Waals surface area contributed by atoms with Gasteiger partial charge in [0.05, 0.1) is 0 Å². The molecule has 0 bridgehead atoms. The van der Waals surface area contributed by atoms with Gasteiger partial charge in [-0.05, 0) is 0 Å². The molecule has 0 spiro atoms. The summed E-state index contributed by atoms with van der Waals surface area (Å²) in [7, 11) is 0. The van der Waals surface area contributed by atoms with E-state index in [0.29, 0.717) is 54.8 Å². The van der Waals surface area contributed by atoms with Gasteiger partial charge in [0, 0.05) is 0 Å². The van der Waals surface area contributed by atoms with Gasteiger partial charge in [0.25, 0.3) is 0 Å². The second-order valence-corrected chi connectivity index (χ2v) is 10.2. The normalized spacial score (nSPS) is 37.1. The Morgan fingerprint density at radius 2 is 1.94 bits per heavy atom. The molecule has 0 aromatic carbocycles. The Morgan fingerprint density at radius 3 is 2.44 bits per heavy atom. The van der Waals surface area contributed by atoms with Crippen LogP contribution in [0.5, 0.6) is 0 Å². The predicted octanol–water partition coefficient (Wildman–Crippen LogP) is 2.06. The Kier molecular flexibility index (Phi) is 4.38. The molecule has 2 rings (SSSR count). The standard InChI is InChI=1S/C11H17FIN4.K/c1-6(2)17-9(13)7(3)16-8(4)14-15-10(16)11(17,5)12;/h6,9H,1-5H3;. The summed E-state index contributed by atoms with van der Waals surface area (Å²) in [6.45, 7) is 9.76. The molecule has 0 saturated heterocycles. The average molecular weight is 390 g/mol. The van der Waals surface area contributed by atoms with Crippen LogP contribution in [0, 0.1) is 6.92 Å². The second kappa shape index (κ2) is 4.99. The number of fused-ring (bicyclic) bond motifs is 1. The molecule has 1 aliphatic heterocycles. The van der Waals surface area contributed by atoms with Crippen LogP contribution in [0.3, 0.4) is 0 Å². The van der Waals surface area contributed by atoms with Crippen molar-refractivity contribution in [3.05, 3.63) is 11.6 Å². The van der Waals surface area contributed by atoms with Crippen LogP contribution < -0.4 is 0 Å². The van der Waals surface area contributed by atoms with Gasteiger partial charge in [0.15, 0.2) is 0 Å². The van der Waals surface area contributed by atoms with E-state index in [-0.39, 0.29) is 9.72 Å². The molecule has 7 heteroatoms. The molecule has 0 N–H and O–H groups in total. The molecule has 4 nitrogen and oxygen atoms in total. The van der Waals surface area contributed by atoms with Crippen molar-refractivity contribution in [2.45, 2.75) is 50.1 Å². The van der Waals surface area contributed by atoms with Crippen LogP contribution >= 0.6 is 22.6 Å². The van der Waals surface area contributed by atoms with Gasteiger partial charge in [0.1, 0.15) is 0 Å². The monoisotopic (exact) mass is 390 g/mol. The number of halogens is 2. The van der Waals surface area contributed by atoms with E-state index in [9.17, 15) is 0 Å². The number of aryl methyl sites for hydroxylation is 1. The molecule has 0 radical (unpaired) electrons. The molecule has 0 aliphatic carbocycles. The maximum absolute atomic E-state index is 15.2. The molecule has 2 heterocycles. The third-order valence-corrected chi connectivity index (χ3v) is 9.19. The number of hydrogen-bond acceptors (Lipinski definition) is 3. The van der Waals surface area contributed by atoms with E-state index in [1.807, 2.05) is 30.2 Å². The Morgan fingerprint density at radius 1 is 1.39 bits per heavy atom. The van der Waals surface area contributed by atoms with E-state index in [1.54, 1.807) is 6.92 Å². The molecular weight excluding hydrogens is 373 g/mol. The topological polar surface area (TPSA) is 34.0 Å². The maximum atomic E-state index is 15.2. The van der Waals surface area contributed by atoms with Gasteiger partial charge in [0.2, 0.25) is 0 Å². The summed E-state index contributed by atoms with van der Waals surface area (Å²) in [5, 5.41) is 8.19. The molecule has 0 fully saturated rings. The van der Waals surface area contributed by atoms with Crippen LogP contribution in [0.15, 0.2) is 0 Å². The SMILES string of the molecule is Cc1nnc2n1[C](C)([K])C(I)N(C(C)C)C2(C)F. The molecule has 0 saturated carbocycles. The number of aromatic nitrogens is 3. The van der Waals surface area contributed by atoms with E-state index in [0.717, 1.165) is 5.82 Å². The van der Waals surface area contributed by atoms with Crippen molar-refractivity contribution in [2.75, 3.05) is 0 Å². The third kappa shape index (κ3) is 2.17. The molecule has 18 heavy (non-hydrogen) atoms. The van der Waals surface area contributed by atoms with Gasteiger partial charge >= 0.3 is 157 Å². The van der Waals surface area contributed by atoms with Gasteiger partial charge in [-0.1, -0.05) is 0 Å². The summed E-state index contributed by atoms with van der Waals surface area (Å²) < 4.78 is 17.3. The van der Waals surface area contributed by atoms with Gasteiger partial charge in [-0.15, -0.1) is 0 Å². The summed E-state index contributed by atoms with van der Waals surface area (Å²) in [4.78, 5) is 1.92. The third-order valence-electron chi connectivity index (χ3n) is 3.68. The van der Waals surface area contributed by atoms with Crippen LogP contribution in [0.25, 0.3) is 0 Å². The number of hydrogen-bond donors (Lipinski definition) is 0. The Balaban J connectivity index is 2.70. The molecule has 0 amide bonds. The molecule has 3 atom stereocenters. The van der Waals surface area contributed by atoms with Crippen molar-refractivity contribution in [3.63, 3.8) is 0 Å². The Bertz CT molecular complexity index is 472. The zero-order valence-corrected chi connectivity index (χ0v) is 17.0. The van der Waals surface area contributed by atoms with Crippen molar-refractivity contribution in [2.24, 2.45) is 0 Å². The minimum atomic E-state index is -1.56. The molecule has 1 aliphatic rings. The first-order chi connectivity index (χ1) is 8.11. The summed E-state index contributed by atoms with van der Waals surface area (Å²) in [6.07, 6.45) is 0. The molecule has 1 aromatic rings. The van der Waals surface area contributed by atoms with Gasteiger partial charge in [-0.2, -0.15) is 0 Å². The first-order valence-corrected chi connectivity index (χ1v) is 8.97. The van der Waals surface area contributed by atoms with Crippen LogP contribution in [-0.2, 0) is 5.43 Å². The van der Waals surface area contributed by atoms with Gasteiger partial charge in [-0.25, -0.2) is 0 Å². The zero-order chi connectivity index (χ0) is 13.9. The molecular formula is C11H17FIKN4. The predicted molar refractivity (Wildman–Crippen MR) is 77.4 cm³/mol. The average Bonchev–Trinajstić information content (AvgIpc) is 2.58. The van der Waals surface area contributed by atoms with Crippen LogP contribution in [0.4, 0.5) is 4.39 Å². The first-order valence-electron chi connectivity index (χ1n) is 6.16. The van der Waals surface area contributed by atoms with Crippen LogP contribution in [0.1, 0.15) is 39.3 Å². The number of rotatable bonds is 1. The van der Waals surface area contributed by atoms with Crippen molar-refractivity contribution in [3.8, 4) is 0 Å². The minimum absolute atomic E-state index is 0.0493. The summed E-state index contributed by atoms with van der Waals surface area (Å²) >= 11 is 2.87. The molecule has 3 unspecified atom stereocenters. The fourth-order valence-corrected chi connectivity index (χ4v) is 5.58. The molecule has 1 aromatic heterocycles. The Labute approximate surface area is 155 Å². The molecule has 96 valence electrons. The summed E-state index contributed by atoms with van der Waals surface area (Å²) in [6, 6.07) is 0.134. The number of nitrogens with zero attached hydrogens (tertiary/aromatic N) is 4. The second-order valence-electron chi connectivity index (χ2n) is 5.85. The van der Waals surface area contributed by atoms with E-state index in [4.69, 9.17) is 0 Å². The Hall–Kier alpha value is 1.40. The van der Waals surface area contributed by atoms with Crippen LogP contribution in [0.2, 0.25) is 0 Å². The van der Waals surface area contributed by atoms with E-state index in [1.165, 1.54) is 0 Å². The van der Waals surface area contributed by atoms with Crippen molar-refractivity contribution < 1.29 is 4.39 Å².